The molecule has 0 saturated heterocycles. The lowest BCUT2D eigenvalue weighted by Gasteiger charge is -2.23. The van der Waals surface area contributed by atoms with Crippen LogP contribution in [0.15, 0.2) is 206 Å². The lowest BCUT2D eigenvalue weighted by molar-refractivity contribution is 0.660. The summed E-state index contributed by atoms with van der Waals surface area (Å²) in [7, 11) is 0. The summed E-state index contributed by atoms with van der Waals surface area (Å²) in [6.07, 6.45) is 0. The van der Waals surface area contributed by atoms with Gasteiger partial charge in [-0.05, 0) is 111 Å². The average molecular weight is 895 g/mol. The third kappa shape index (κ3) is 5.31. The van der Waals surface area contributed by atoms with E-state index in [-0.39, 0.29) is 10.8 Å². The molecular formula is C66H46N4. The lowest BCUT2D eigenvalue weighted by atomic mass is 9.81. The second kappa shape index (κ2) is 14.0. The summed E-state index contributed by atoms with van der Waals surface area (Å²) >= 11 is 0. The molecule has 2 aliphatic rings. The van der Waals surface area contributed by atoms with Gasteiger partial charge in [-0.2, -0.15) is 0 Å². The quantitative estimate of drug-likeness (QED) is 0.176. The number of fused-ring (bicyclic) bond motifs is 15. The predicted molar refractivity (Wildman–Crippen MR) is 292 cm³/mol. The zero-order valence-electron chi connectivity index (χ0n) is 39.4. The van der Waals surface area contributed by atoms with E-state index in [0.29, 0.717) is 0 Å². The largest absolute Gasteiger partial charge is 0.309 e. The van der Waals surface area contributed by atoms with Gasteiger partial charge in [-0.1, -0.05) is 173 Å². The highest BCUT2D eigenvalue weighted by Gasteiger charge is 2.37. The molecule has 0 atom stereocenters. The molecule has 0 amide bonds. The minimum Gasteiger partial charge on any atom is -0.309 e. The molecule has 0 bridgehead atoms. The van der Waals surface area contributed by atoms with Crippen LogP contribution in [-0.2, 0) is 10.8 Å². The van der Waals surface area contributed by atoms with Crippen molar-refractivity contribution in [2.45, 2.75) is 38.5 Å². The Morgan fingerprint density at radius 2 is 0.886 bits per heavy atom. The number of benzene rings is 10. The molecule has 3 aromatic heterocycles. The fourth-order valence-corrected chi connectivity index (χ4v) is 12.6. The van der Waals surface area contributed by atoms with Gasteiger partial charge in [0, 0.05) is 60.3 Å². The van der Waals surface area contributed by atoms with Crippen molar-refractivity contribution in [3.63, 3.8) is 0 Å². The van der Waals surface area contributed by atoms with Crippen LogP contribution in [0.25, 0.3) is 122 Å². The second-order valence-electron chi connectivity index (χ2n) is 20.5. The first kappa shape index (κ1) is 39.4. The van der Waals surface area contributed by atoms with Gasteiger partial charge in [0.25, 0.3) is 0 Å². The van der Waals surface area contributed by atoms with Crippen LogP contribution in [0.2, 0.25) is 0 Å². The Balaban J connectivity index is 0.974. The van der Waals surface area contributed by atoms with Gasteiger partial charge >= 0.3 is 0 Å². The van der Waals surface area contributed by atoms with Crippen molar-refractivity contribution in [3.8, 4) is 56.1 Å². The maximum atomic E-state index is 5.73. The molecule has 330 valence electrons. The Labute approximate surface area is 405 Å². The van der Waals surface area contributed by atoms with Gasteiger partial charge in [0.2, 0.25) is 0 Å². The normalized spacial score (nSPS) is 14.2. The van der Waals surface area contributed by atoms with Gasteiger partial charge in [0.05, 0.1) is 44.5 Å². The Hall–Kier alpha value is -8.60. The van der Waals surface area contributed by atoms with E-state index in [2.05, 4.69) is 243 Å². The van der Waals surface area contributed by atoms with E-state index in [1.807, 2.05) is 0 Å². The van der Waals surface area contributed by atoms with Gasteiger partial charge in [0.1, 0.15) is 0 Å². The first-order chi connectivity index (χ1) is 34.2. The molecule has 0 unspecified atom stereocenters. The van der Waals surface area contributed by atoms with Gasteiger partial charge < -0.3 is 9.13 Å². The van der Waals surface area contributed by atoms with Crippen molar-refractivity contribution >= 4 is 65.4 Å². The van der Waals surface area contributed by atoms with Crippen LogP contribution < -0.4 is 0 Å². The molecule has 15 rings (SSSR count). The summed E-state index contributed by atoms with van der Waals surface area (Å²) in [5.74, 6) is 0. The van der Waals surface area contributed by atoms with E-state index in [9.17, 15) is 0 Å². The number of aromatic nitrogens is 4. The number of para-hydroxylation sites is 2. The molecule has 0 saturated carbocycles. The summed E-state index contributed by atoms with van der Waals surface area (Å²) < 4.78 is 4.89. The SMILES string of the molecule is CC1(C)c2ccccc2-c2ccc(-c3nc4ccc(-n5c6ccccc6c6cc7c8ccc9ccccc9c8n(-c8ccccc8)c7cc65)cc4nc3-c3ccc4c(c3)C(C)(C)c3ccccc3-4)cc21. The fraction of sp³-hybridized carbons (Fsp3) is 0.0909. The molecule has 0 fully saturated rings. The maximum absolute atomic E-state index is 5.73. The Morgan fingerprint density at radius 1 is 0.329 bits per heavy atom. The highest BCUT2D eigenvalue weighted by Crippen LogP contribution is 2.52. The zero-order valence-corrected chi connectivity index (χ0v) is 39.4. The molecule has 13 aromatic rings. The van der Waals surface area contributed by atoms with Crippen molar-refractivity contribution in [1.29, 1.82) is 0 Å². The molecule has 0 radical (unpaired) electrons. The second-order valence-corrected chi connectivity index (χ2v) is 20.5. The maximum Gasteiger partial charge on any atom is 0.0973 e. The van der Waals surface area contributed by atoms with E-state index < -0.39 is 0 Å². The molecule has 4 heteroatoms. The Morgan fingerprint density at radius 3 is 1.59 bits per heavy atom. The summed E-state index contributed by atoms with van der Waals surface area (Å²) in [5, 5.41) is 7.39. The standard InChI is InChI=1S/C66H46N4/c1-65(2)53-23-13-10-20-45(53)47-30-27-40(34-55(47)65)62-63(41-28-31-48-46-21-11-14-24-54(46)66(3,4)56(48)35-41)68-58-36-43(29-33-57(58)67-62)69-59-25-15-12-22-49(59)51-37-52-50-32-26-39-16-8-9-19-44(39)64(50)70(61(52)38-60(51)69)42-17-6-5-7-18-42/h5-38H,1-4H3. The van der Waals surface area contributed by atoms with Gasteiger partial charge in [-0.3, -0.25) is 0 Å². The van der Waals surface area contributed by atoms with E-state index in [0.717, 1.165) is 56.0 Å². The molecule has 3 heterocycles. The van der Waals surface area contributed by atoms with Gasteiger partial charge in [-0.15, -0.1) is 0 Å². The van der Waals surface area contributed by atoms with Crippen LogP contribution in [0.3, 0.4) is 0 Å². The smallest absolute Gasteiger partial charge is 0.0973 e. The monoisotopic (exact) mass is 894 g/mol. The van der Waals surface area contributed by atoms with Crippen molar-refractivity contribution in [2.75, 3.05) is 0 Å². The van der Waals surface area contributed by atoms with Crippen LogP contribution in [-0.4, -0.2) is 19.1 Å². The first-order valence-electron chi connectivity index (χ1n) is 24.5. The molecule has 0 spiro atoms. The molecular weight excluding hydrogens is 849 g/mol. The van der Waals surface area contributed by atoms with E-state index in [4.69, 9.17) is 9.97 Å². The third-order valence-corrected chi connectivity index (χ3v) is 16.1. The van der Waals surface area contributed by atoms with Gasteiger partial charge in [0.15, 0.2) is 0 Å². The highest BCUT2D eigenvalue weighted by molar-refractivity contribution is 6.23. The molecule has 0 N–H and O–H groups in total. The van der Waals surface area contributed by atoms with E-state index in [1.165, 1.54) is 87.9 Å². The summed E-state index contributed by atoms with van der Waals surface area (Å²) in [6, 6.07) is 76.1. The minimum absolute atomic E-state index is 0.151. The van der Waals surface area contributed by atoms with Crippen LogP contribution >= 0.6 is 0 Å². The number of nitrogens with zero attached hydrogens (tertiary/aromatic N) is 4. The average Bonchev–Trinajstić information content (AvgIpc) is 4.06. The van der Waals surface area contributed by atoms with Crippen LogP contribution in [0.1, 0.15) is 49.9 Å². The Bertz CT molecular complexity index is 4410. The molecule has 10 aromatic carbocycles. The molecule has 2 aliphatic carbocycles. The number of hydrogen-bond donors (Lipinski definition) is 0. The topological polar surface area (TPSA) is 35.6 Å². The van der Waals surface area contributed by atoms with Crippen molar-refractivity contribution in [2.24, 2.45) is 0 Å². The van der Waals surface area contributed by atoms with E-state index in [1.54, 1.807) is 0 Å². The number of rotatable bonds is 4. The summed E-state index contributed by atoms with van der Waals surface area (Å²) in [4.78, 5) is 11.3. The molecule has 70 heavy (non-hydrogen) atoms. The minimum atomic E-state index is -0.163. The van der Waals surface area contributed by atoms with Crippen LogP contribution in [0, 0.1) is 0 Å². The van der Waals surface area contributed by atoms with Crippen molar-refractivity contribution in [3.05, 3.63) is 229 Å². The number of hydrogen-bond acceptors (Lipinski definition) is 2. The van der Waals surface area contributed by atoms with Crippen LogP contribution in [0.4, 0.5) is 0 Å². The van der Waals surface area contributed by atoms with Gasteiger partial charge in [-0.25, -0.2) is 9.97 Å². The third-order valence-electron chi connectivity index (χ3n) is 16.1. The Kier molecular flexibility index (Phi) is 7.88. The fourth-order valence-electron chi connectivity index (χ4n) is 12.6. The lowest BCUT2D eigenvalue weighted by Crippen LogP contribution is -2.15. The van der Waals surface area contributed by atoms with E-state index >= 15 is 0 Å². The summed E-state index contributed by atoms with van der Waals surface area (Å²) in [6.45, 7) is 9.39. The first-order valence-corrected chi connectivity index (χ1v) is 24.5. The molecule has 0 aliphatic heterocycles. The van der Waals surface area contributed by atoms with Crippen molar-refractivity contribution in [1.82, 2.24) is 19.1 Å². The molecule has 4 nitrogen and oxygen atoms in total. The predicted octanol–water partition coefficient (Wildman–Crippen LogP) is 16.9. The highest BCUT2D eigenvalue weighted by atomic mass is 15.0. The zero-order chi connectivity index (χ0) is 46.6. The summed E-state index contributed by atoms with van der Waals surface area (Å²) in [5.41, 5.74) is 22.8. The van der Waals surface area contributed by atoms with Crippen molar-refractivity contribution < 1.29 is 0 Å². The van der Waals surface area contributed by atoms with Crippen LogP contribution in [0.5, 0.6) is 0 Å².